The van der Waals surface area contributed by atoms with Crippen molar-refractivity contribution in [3.05, 3.63) is 90.9 Å². The molecule has 3 heteroatoms. The molecular formula is C28H27BO2. The van der Waals surface area contributed by atoms with Gasteiger partial charge in [-0.3, -0.25) is 0 Å². The van der Waals surface area contributed by atoms with Gasteiger partial charge in [0.25, 0.3) is 0 Å². The Morgan fingerprint density at radius 2 is 1.23 bits per heavy atom. The molecule has 0 aromatic heterocycles. The van der Waals surface area contributed by atoms with Gasteiger partial charge in [0.1, 0.15) is 0 Å². The fourth-order valence-corrected chi connectivity index (χ4v) is 3.80. The van der Waals surface area contributed by atoms with Gasteiger partial charge < -0.3 is 9.31 Å². The zero-order valence-corrected chi connectivity index (χ0v) is 18.1. The highest BCUT2D eigenvalue weighted by atomic mass is 16.7. The average Bonchev–Trinajstić information content (AvgIpc) is 3.09. The van der Waals surface area contributed by atoms with E-state index < -0.39 is 18.3 Å². The first-order valence-corrected chi connectivity index (χ1v) is 10.4. The normalized spacial score (nSPS) is 19.9. The second kappa shape index (κ2) is 7.37. The summed E-state index contributed by atoms with van der Waals surface area (Å²) in [4.78, 5) is 0. The molecule has 0 aliphatic carbocycles. The molecule has 0 saturated carbocycles. The molecule has 1 heterocycles. The quantitative estimate of drug-likeness (QED) is 0.359. The highest BCUT2D eigenvalue weighted by Crippen LogP contribution is 2.37. The summed E-state index contributed by atoms with van der Waals surface area (Å²) in [5.41, 5.74) is 1.43. The van der Waals surface area contributed by atoms with Gasteiger partial charge in [0.15, 0.2) is 0 Å². The predicted octanol–water partition coefficient (Wildman–Crippen LogP) is 6.47. The summed E-state index contributed by atoms with van der Waals surface area (Å²) in [7, 11) is -0.641. The minimum atomic E-state index is -0.641. The monoisotopic (exact) mass is 412 g/mol. The SMILES string of the molecule is [2H]c1c([2H])c(-c2cccc(B3OC(C)(C)C(C)(C)O3)c2)c2c([2H])c([2H])c([2H])c(-c3ccccc3)c2c1[2H]. The lowest BCUT2D eigenvalue weighted by Crippen LogP contribution is -2.41. The molecule has 1 saturated heterocycles. The third kappa shape index (κ3) is 3.48. The number of hydrogen-bond donors (Lipinski definition) is 0. The van der Waals surface area contributed by atoms with E-state index in [1.807, 2.05) is 45.9 Å². The van der Waals surface area contributed by atoms with Crippen LogP contribution in [0.15, 0.2) is 90.9 Å². The fourth-order valence-electron chi connectivity index (χ4n) is 3.80. The average molecular weight is 412 g/mol. The molecule has 5 rings (SSSR count). The molecular weight excluding hydrogens is 379 g/mol. The van der Waals surface area contributed by atoms with Gasteiger partial charge in [-0.05, 0) is 66.2 Å². The Labute approximate surface area is 193 Å². The Hall–Kier alpha value is -2.88. The van der Waals surface area contributed by atoms with Gasteiger partial charge in [0, 0.05) is 0 Å². The van der Waals surface area contributed by atoms with Crippen molar-refractivity contribution in [1.82, 2.24) is 0 Å². The summed E-state index contributed by atoms with van der Waals surface area (Å²) >= 11 is 0. The molecule has 0 spiro atoms. The summed E-state index contributed by atoms with van der Waals surface area (Å²) in [6.45, 7) is 7.88. The zero-order valence-electron chi connectivity index (χ0n) is 24.1. The van der Waals surface area contributed by atoms with Crippen LogP contribution in [0, 0.1) is 0 Å². The molecule has 1 aliphatic heterocycles. The third-order valence-corrected chi connectivity index (χ3v) is 6.26. The van der Waals surface area contributed by atoms with E-state index in [2.05, 4.69) is 0 Å². The highest BCUT2D eigenvalue weighted by molar-refractivity contribution is 6.62. The van der Waals surface area contributed by atoms with Crippen LogP contribution in [0.1, 0.15) is 35.9 Å². The van der Waals surface area contributed by atoms with Crippen LogP contribution in [0.25, 0.3) is 33.0 Å². The molecule has 0 atom stereocenters. The summed E-state index contributed by atoms with van der Waals surface area (Å²) in [6.07, 6.45) is 0. The van der Waals surface area contributed by atoms with Crippen LogP contribution in [-0.2, 0) is 9.31 Å². The van der Waals surface area contributed by atoms with Crippen LogP contribution in [-0.4, -0.2) is 18.3 Å². The van der Waals surface area contributed by atoms with E-state index in [0.717, 1.165) is 5.46 Å². The molecule has 2 nitrogen and oxygen atoms in total. The van der Waals surface area contributed by atoms with E-state index in [1.165, 1.54) is 0 Å². The highest BCUT2D eigenvalue weighted by Gasteiger charge is 2.51. The first-order chi connectivity index (χ1) is 17.4. The lowest BCUT2D eigenvalue weighted by Gasteiger charge is -2.32. The largest absolute Gasteiger partial charge is 0.494 e. The van der Waals surface area contributed by atoms with Gasteiger partial charge in [-0.2, -0.15) is 0 Å². The van der Waals surface area contributed by atoms with Gasteiger partial charge in [-0.15, -0.1) is 0 Å². The number of hydrogen-bond acceptors (Lipinski definition) is 2. The molecule has 4 aromatic carbocycles. The standard InChI is InChI=1S/C28H27BO2/c1-27(2)28(3,4)31-29(30-27)22-14-8-13-21(19-22)24-16-10-17-25-23(15-9-18-26(24)25)20-11-6-5-7-12-20/h5-19H,1-4H3/i9D,10D,15D,16D,17D,18D. The molecule has 0 amide bonds. The lowest BCUT2D eigenvalue weighted by molar-refractivity contribution is 0.00578. The van der Waals surface area contributed by atoms with E-state index in [4.69, 9.17) is 17.5 Å². The summed E-state index contributed by atoms with van der Waals surface area (Å²) in [5.74, 6) is 0. The van der Waals surface area contributed by atoms with Gasteiger partial charge in [0.2, 0.25) is 0 Å². The maximum Gasteiger partial charge on any atom is 0.494 e. The van der Waals surface area contributed by atoms with Crippen molar-refractivity contribution in [2.24, 2.45) is 0 Å². The maximum atomic E-state index is 8.80. The Morgan fingerprint density at radius 1 is 0.677 bits per heavy atom. The van der Waals surface area contributed by atoms with Crippen molar-refractivity contribution in [3.63, 3.8) is 0 Å². The molecule has 0 unspecified atom stereocenters. The molecule has 4 aromatic rings. The minimum absolute atomic E-state index is 0.175. The van der Waals surface area contributed by atoms with Gasteiger partial charge in [-0.1, -0.05) is 90.9 Å². The second-order valence-corrected chi connectivity index (χ2v) is 8.83. The Morgan fingerprint density at radius 3 is 1.84 bits per heavy atom. The number of rotatable bonds is 3. The Kier molecular flexibility index (Phi) is 3.38. The molecule has 0 N–H and O–H groups in total. The van der Waals surface area contributed by atoms with E-state index in [-0.39, 0.29) is 52.6 Å². The van der Waals surface area contributed by atoms with E-state index in [1.54, 1.807) is 36.4 Å². The van der Waals surface area contributed by atoms with Crippen molar-refractivity contribution >= 4 is 23.4 Å². The zero-order chi connectivity index (χ0) is 26.9. The first-order valence-electron chi connectivity index (χ1n) is 13.4. The first kappa shape index (κ1) is 14.2. The summed E-state index contributed by atoms with van der Waals surface area (Å²) in [5, 5.41) is 0.450. The van der Waals surface area contributed by atoms with Crippen LogP contribution in [0.5, 0.6) is 0 Å². The Balaban J connectivity index is 1.82. The molecule has 1 fully saturated rings. The molecule has 1 aliphatic rings. The smallest absolute Gasteiger partial charge is 0.399 e. The predicted molar refractivity (Wildman–Crippen MR) is 131 cm³/mol. The van der Waals surface area contributed by atoms with Crippen LogP contribution < -0.4 is 5.46 Å². The van der Waals surface area contributed by atoms with E-state index in [9.17, 15) is 0 Å². The maximum absolute atomic E-state index is 8.80. The van der Waals surface area contributed by atoms with Crippen molar-refractivity contribution in [3.8, 4) is 22.3 Å². The van der Waals surface area contributed by atoms with E-state index in [0.29, 0.717) is 16.7 Å². The topological polar surface area (TPSA) is 18.5 Å². The molecule has 0 radical (unpaired) electrons. The molecule has 0 bridgehead atoms. The lowest BCUT2D eigenvalue weighted by atomic mass is 9.77. The van der Waals surface area contributed by atoms with Crippen LogP contribution in [0.3, 0.4) is 0 Å². The number of fused-ring (bicyclic) bond motifs is 1. The Bertz CT molecular complexity index is 1540. The molecule has 154 valence electrons. The molecule has 31 heavy (non-hydrogen) atoms. The van der Waals surface area contributed by atoms with E-state index >= 15 is 0 Å². The van der Waals surface area contributed by atoms with Crippen molar-refractivity contribution in [1.29, 1.82) is 0 Å². The summed E-state index contributed by atoms with van der Waals surface area (Å²) in [6, 6.07) is 14.9. The third-order valence-electron chi connectivity index (χ3n) is 6.26. The van der Waals surface area contributed by atoms with Crippen molar-refractivity contribution in [2.45, 2.75) is 38.9 Å². The fraction of sp³-hybridized carbons (Fsp3) is 0.214. The van der Waals surface area contributed by atoms with Gasteiger partial charge in [-0.25, -0.2) is 0 Å². The number of benzene rings is 4. The van der Waals surface area contributed by atoms with Crippen LogP contribution >= 0.6 is 0 Å². The minimum Gasteiger partial charge on any atom is -0.399 e. The van der Waals surface area contributed by atoms with Crippen LogP contribution in [0.2, 0.25) is 0 Å². The van der Waals surface area contributed by atoms with Gasteiger partial charge >= 0.3 is 7.12 Å². The van der Waals surface area contributed by atoms with Crippen molar-refractivity contribution in [2.75, 3.05) is 0 Å². The van der Waals surface area contributed by atoms with Crippen LogP contribution in [0.4, 0.5) is 0 Å². The van der Waals surface area contributed by atoms with Gasteiger partial charge in [0.05, 0.1) is 19.4 Å². The van der Waals surface area contributed by atoms with Crippen molar-refractivity contribution < 1.29 is 17.5 Å². The summed E-state index contributed by atoms with van der Waals surface area (Å²) < 4.78 is 64.5. The second-order valence-electron chi connectivity index (χ2n) is 8.83.